The smallest absolute Gasteiger partial charge is 0.160 e. The highest BCUT2D eigenvalue weighted by molar-refractivity contribution is 9.10. The molecule has 1 atom stereocenters. The van der Waals surface area contributed by atoms with Crippen LogP contribution in [0.25, 0.3) is 0 Å². The molecule has 0 spiro atoms. The van der Waals surface area contributed by atoms with Gasteiger partial charge in [-0.25, -0.2) is 8.78 Å². The maximum Gasteiger partial charge on any atom is 0.160 e. The molecule has 0 saturated heterocycles. The molecule has 18 heavy (non-hydrogen) atoms. The van der Waals surface area contributed by atoms with E-state index >= 15 is 0 Å². The van der Waals surface area contributed by atoms with Crippen molar-refractivity contribution in [2.24, 2.45) is 0 Å². The Hall–Kier alpha value is -1.42. The number of halogens is 3. The van der Waals surface area contributed by atoms with Crippen LogP contribution in [0.1, 0.15) is 18.5 Å². The number of rotatable bonds is 3. The molecule has 2 aromatic rings. The molecule has 0 saturated carbocycles. The molecule has 0 bridgehead atoms. The van der Waals surface area contributed by atoms with Crippen LogP contribution < -0.4 is 5.32 Å². The van der Waals surface area contributed by atoms with Crippen molar-refractivity contribution in [3.8, 4) is 0 Å². The average Bonchev–Trinajstić information content (AvgIpc) is 2.34. The quantitative estimate of drug-likeness (QED) is 0.850. The fraction of sp³-hybridized carbons (Fsp3) is 0.143. The molecule has 2 rings (SSSR count). The Morgan fingerprint density at radius 1 is 1.06 bits per heavy atom. The van der Waals surface area contributed by atoms with Crippen LogP contribution in [0.5, 0.6) is 0 Å². The summed E-state index contributed by atoms with van der Waals surface area (Å²) in [5, 5.41) is 3.13. The number of benzene rings is 2. The molecule has 2 aromatic carbocycles. The number of hydrogen-bond donors (Lipinski definition) is 1. The standard InChI is InChI=1S/C14H12BrF2N/c1-9(11-4-2-3-5-12(11)15)18-10-6-7-13(16)14(17)8-10/h2-9,18H,1H3. The van der Waals surface area contributed by atoms with E-state index in [-0.39, 0.29) is 6.04 Å². The summed E-state index contributed by atoms with van der Waals surface area (Å²) in [5.74, 6) is -1.69. The SMILES string of the molecule is CC(Nc1ccc(F)c(F)c1)c1ccccc1Br. The third-order valence-corrected chi connectivity index (χ3v) is 3.40. The van der Waals surface area contributed by atoms with Crippen LogP contribution in [0.3, 0.4) is 0 Å². The van der Waals surface area contributed by atoms with Gasteiger partial charge in [0.2, 0.25) is 0 Å². The monoisotopic (exact) mass is 311 g/mol. The molecule has 0 heterocycles. The Morgan fingerprint density at radius 3 is 2.44 bits per heavy atom. The van der Waals surface area contributed by atoms with Gasteiger partial charge in [0.05, 0.1) is 0 Å². The van der Waals surface area contributed by atoms with E-state index in [4.69, 9.17) is 0 Å². The van der Waals surface area contributed by atoms with Crippen molar-refractivity contribution in [2.45, 2.75) is 13.0 Å². The summed E-state index contributed by atoms with van der Waals surface area (Å²) in [7, 11) is 0. The first-order valence-electron chi connectivity index (χ1n) is 5.54. The molecular formula is C14H12BrF2N. The predicted octanol–water partition coefficient (Wildman–Crippen LogP) is 4.90. The number of hydrogen-bond acceptors (Lipinski definition) is 1. The van der Waals surface area contributed by atoms with E-state index in [9.17, 15) is 8.78 Å². The Balaban J connectivity index is 2.19. The third-order valence-electron chi connectivity index (χ3n) is 2.67. The highest BCUT2D eigenvalue weighted by Gasteiger charge is 2.09. The zero-order valence-electron chi connectivity index (χ0n) is 9.75. The van der Waals surface area contributed by atoms with Gasteiger partial charge in [-0.3, -0.25) is 0 Å². The van der Waals surface area contributed by atoms with E-state index in [1.165, 1.54) is 6.07 Å². The second-order valence-corrected chi connectivity index (χ2v) is 4.87. The third kappa shape index (κ3) is 2.88. The maximum atomic E-state index is 13.1. The van der Waals surface area contributed by atoms with Crippen LogP contribution in [0.4, 0.5) is 14.5 Å². The van der Waals surface area contributed by atoms with E-state index in [0.717, 1.165) is 22.2 Å². The van der Waals surface area contributed by atoms with Gasteiger partial charge >= 0.3 is 0 Å². The molecule has 0 aliphatic carbocycles. The largest absolute Gasteiger partial charge is 0.378 e. The first kappa shape index (κ1) is 13.0. The minimum absolute atomic E-state index is 0.00886. The van der Waals surface area contributed by atoms with E-state index < -0.39 is 11.6 Å². The first-order chi connectivity index (χ1) is 8.58. The molecule has 0 radical (unpaired) electrons. The predicted molar refractivity (Wildman–Crippen MR) is 72.5 cm³/mol. The summed E-state index contributed by atoms with van der Waals surface area (Å²) in [6.07, 6.45) is 0. The van der Waals surface area contributed by atoms with Crippen LogP contribution in [0, 0.1) is 11.6 Å². The Labute approximate surface area is 113 Å². The van der Waals surface area contributed by atoms with Gasteiger partial charge in [-0.15, -0.1) is 0 Å². The van der Waals surface area contributed by atoms with Crippen molar-refractivity contribution in [1.82, 2.24) is 0 Å². The van der Waals surface area contributed by atoms with Gasteiger partial charge in [-0.2, -0.15) is 0 Å². The molecule has 1 unspecified atom stereocenters. The van der Waals surface area contributed by atoms with E-state index in [1.807, 2.05) is 31.2 Å². The van der Waals surface area contributed by atoms with Crippen molar-refractivity contribution in [2.75, 3.05) is 5.32 Å². The van der Waals surface area contributed by atoms with Gasteiger partial charge < -0.3 is 5.32 Å². The second kappa shape index (κ2) is 5.48. The van der Waals surface area contributed by atoms with Crippen LogP contribution >= 0.6 is 15.9 Å². The number of anilines is 1. The Kier molecular flexibility index (Phi) is 3.97. The molecule has 94 valence electrons. The number of nitrogens with one attached hydrogen (secondary N) is 1. The zero-order valence-corrected chi connectivity index (χ0v) is 11.3. The van der Waals surface area contributed by atoms with Gasteiger partial charge in [-0.05, 0) is 30.7 Å². The summed E-state index contributed by atoms with van der Waals surface area (Å²) >= 11 is 3.46. The van der Waals surface area contributed by atoms with Crippen molar-refractivity contribution in [3.63, 3.8) is 0 Å². The van der Waals surface area contributed by atoms with Crippen LogP contribution in [-0.2, 0) is 0 Å². The van der Waals surface area contributed by atoms with Crippen LogP contribution in [-0.4, -0.2) is 0 Å². The fourth-order valence-electron chi connectivity index (χ4n) is 1.74. The lowest BCUT2D eigenvalue weighted by molar-refractivity contribution is 0.509. The summed E-state index contributed by atoms with van der Waals surface area (Å²) in [6, 6.07) is 11.6. The van der Waals surface area contributed by atoms with Crippen molar-refractivity contribution in [1.29, 1.82) is 0 Å². The fourth-order valence-corrected chi connectivity index (χ4v) is 2.37. The Morgan fingerprint density at radius 2 is 1.78 bits per heavy atom. The van der Waals surface area contributed by atoms with Gasteiger partial charge in [0.15, 0.2) is 11.6 Å². The summed E-state index contributed by atoms with van der Waals surface area (Å²) in [6.45, 7) is 1.96. The molecule has 1 nitrogen and oxygen atoms in total. The molecule has 1 N–H and O–H groups in total. The van der Waals surface area contributed by atoms with Crippen LogP contribution in [0.15, 0.2) is 46.9 Å². The summed E-state index contributed by atoms with van der Waals surface area (Å²) in [4.78, 5) is 0. The molecule has 0 aliphatic heterocycles. The summed E-state index contributed by atoms with van der Waals surface area (Å²) < 4.78 is 26.9. The van der Waals surface area contributed by atoms with Gasteiger partial charge in [0.1, 0.15) is 0 Å². The lowest BCUT2D eigenvalue weighted by atomic mass is 10.1. The molecule has 0 fully saturated rings. The molecule has 0 aromatic heterocycles. The highest BCUT2D eigenvalue weighted by atomic mass is 79.9. The lowest BCUT2D eigenvalue weighted by Gasteiger charge is -2.17. The average molecular weight is 312 g/mol. The van der Waals surface area contributed by atoms with E-state index in [0.29, 0.717) is 5.69 Å². The van der Waals surface area contributed by atoms with E-state index in [2.05, 4.69) is 21.2 Å². The molecule has 0 aliphatic rings. The second-order valence-electron chi connectivity index (χ2n) is 4.02. The topological polar surface area (TPSA) is 12.0 Å². The lowest BCUT2D eigenvalue weighted by Crippen LogP contribution is -2.07. The van der Waals surface area contributed by atoms with Gasteiger partial charge in [0.25, 0.3) is 0 Å². The zero-order chi connectivity index (χ0) is 13.1. The first-order valence-corrected chi connectivity index (χ1v) is 6.33. The molecule has 0 amide bonds. The summed E-state index contributed by atoms with van der Waals surface area (Å²) in [5.41, 5.74) is 1.61. The van der Waals surface area contributed by atoms with Crippen molar-refractivity contribution >= 4 is 21.6 Å². The van der Waals surface area contributed by atoms with Gasteiger partial charge in [-0.1, -0.05) is 34.1 Å². The van der Waals surface area contributed by atoms with E-state index in [1.54, 1.807) is 0 Å². The normalized spacial score (nSPS) is 12.2. The maximum absolute atomic E-state index is 13.1. The Bertz CT molecular complexity index is 557. The minimum Gasteiger partial charge on any atom is -0.378 e. The minimum atomic E-state index is -0.848. The highest BCUT2D eigenvalue weighted by Crippen LogP contribution is 2.26. The van der Waals surface area contributed by atoms with Crippen molar-refractivity contribution < 1.29 is 8.78 Å². The van der Waals surface area contributed by atoms with Gasteiger partial charge in [0, 0.05) is 22.3 Å². The van der Waals surface area contributed by atoms with Crippen molar-refractivity contribution in [3.05, 3.63) is 64.1 Å². The van der Waals surface area contributed by atoms with Crippen LogP contribution in [0.2, 0.25) is 0 Å². The molecule has 4 heteroatoms. The molecular weight excluding hydrogens is 300 g/mol.